The van der Waals surface area contributed by atoms with Crippen LogP contribution in [0.5, 0.6) is 11.5 Å². The number of phenols is 1. The lowest BCUT2D eigenvalue weighted by Crippen LogP contribution is -2.82. The summed E-state index contributed by atoms with van der Waals surface area (Å²) in [7, 11) is 1.87. The molecule has 1 aromatic rings. The third kappa shape index (κ3) is 2.87. The fourth-order valence-corrected chi connectivity index (χ4v) is 11.2. The van der Waals surface area contributed by atoms with Gasteiger partial charge in [-0.05, 0) is 88.3 Å². The smallest absolute Gasteiger partial charge is 0.165 e. The molecular weight excluding hydrogens is 462 g/mol. The van der Waals surface area contributed by atoms with E-state index >= 15 is 0 Å². The van der Waals surface area contributed by atoms with Crippen LogP contribution < -0.4 is 4.74 Å². The van der Waals surface area contributed by atoms with Gasteiger partial charge in [0.05, 0.1) is 5.60 Å². The van der Waals surface area contributed by atoms with Gasteiger partial charge in [-0.15, -0.1) is 0 Å². The Morgan fingerprint density at radius 2 is 1.89 bits per heavy atom. The van der Waals surface area contributed by atoms with E-state index in [2.05, 4.69) is 17.9 Å². The molecule has 37 heavy (non-hydrogen) atoms. The van der Waals surface area contributed by atoms with Crippen LogP contribution in [0.4, 0.5) is 0 Å². The molecule has 0 radical (unpaired) electrons. The van der Waals surface area contributed by atoms with Gasteiger partial charge in [0.15, 0.2) is 11.5 Å². The number of benzene rings is 1. The van der Waals surface area contributed by atoms with Gasteiger partial charge < -0.3 is 19.7 Å². The monoisotopic (exact) mass is 507 g/mol. The van der Waals surface area contributed by atoms with E-state index < -0.39 is 11.2 Å². The quantitative estimate of drug-likeness (QED) is 0.544. The molecule has 5 saturated carbocycles. The number of rotatable bonds is 6. The molecule has 2 N–H and O–H groups in total. The molecule has 5 nitrogen and oxygen atoms in total. The van der Waals surface area contributed by atoms with Gasteiger partial charge in [-0.1, -0.05) is 38.2 Å². The number of ether oxygens (including phenoxy) is 2. The average Bonchev–Trinajstić information content (AvgIpc) is 3.64. The van der Waals surface area contributed by atoms with E-state index in [0.717, 1.165) is 56.7 Å². The number of nitrogens with zero attached hydrogens (tertiary/aromatic N) is 1. The molecule has 1 aromatic carbocycles. The van der Waals surface area contributed by atoms with Crippen molar-refractivity contribution in [3.63, 3.8) is 0 Å². The Kier molecular flexibility index (Phi) is 4.88. The summed E-state index contributed by atoms with van der Waals surface area (Å²) in [6.45, 7) is 4.47. The molecule has 9 rings (SSSR count). The van der Waals surface area contributed by atoms with Gasteiger partial charge in [-0.25, -0.2) is 0 Å². The third-order valence-electron chi connectivity index (χ3n) is 12.8. The number of hydrogen-bond donors (Lipinski definition) is 2. The van der Waals surface area contributed by atoms with Crippen molar-refractivity contribution >= 4 is 0 Å². The molecule has 0 amide bonds. The number of piperidine rings is 1. The molecular formula is C32H45NO4. The van der Waals surface area contributed by atoms with Crippen molar-refractivity contribution in [3.8, 4) is 11.5 Å². The predicted molar refractivity (Wildman–Crippen MR) is 142 cm³/mol. The van der Waals surface area contributed by atoms with Gasteiger partial charge in [0.1, 0.15) is 11.7 Å². The summed E-state index contributed by atoms with van der Waals surface area (Å²) in [6.07, 6.45) is 15.2. The number of likely N-dealkylation sites (tertiary alicyclic amines) is 1. The molecule has 2 spiro atoms. The molecule has 6 aliphatic carbocycles. The minimum atomic E-state index is -0.789. The van der Waals surface area contributed by atoms with E-state index in [4.69, 9.17) is 9.47 Å². The highest BCUT2D eigenvalue weighted by molar-refractivity contribution is 5.63. The molecule has 202 valence electrons. The summed E-state index contributed by atoms with van der Waals surface area (Å²) in [4.78, 5) is 2.85. The number of aromatic hydroxyl groups is 1. The average molecular weight is 508 g/mol. The van der Waals surface area contributed by atoms with Gasteiger partial charge in [0, 0.05) is 42.0 Å². The lowest BCUT2D eigenvalue weighted by molar-refractivity contribution is -0.303. The minimum Gasteiger partial charge on any atom is -0.504 e. The molecule has 8 aliphatic rings. The van der Waals surface area contributed by atoms with Gasteiger partial charge in [-0.2, -0.15) is 0 Å². The van der Waals surface area contributed by atoms with Crippen LogP contribution in [-0.2, 0) is 16.6 Å². The SMILES string of the molecule is CO[C@]12CC[C@@]3(C[C@@H]1[C@@](C)(O)CC1CCCCC1)[C@H]1Cc4ccc(O)c5c4[C@@]3(CCN1CC1CC1)[C@H]2O5. The van der Waals surface area contributed by atoms with Gasteiger partial charge in [-0.3, -0.25) is 4.90 Å². The van der Waals surface area contributed by atoms with E-state index in [1.807, 2.05) is 13.2 Å². The highest BCUT2D eigenvalue weighted by Gasteiger charge is 2.82. The second kappa shape index (κ2) is 7.67. The van der Waals surface area contributed by atoms with Gasteiger partial charge in [0.2, 0.25) is 0 Å². The van der Waals surface area contributed by atoms with Gasteiger partial charge >= 0.3 is 0 Å². The number of hydrogen-bond acceptors (Lipinski definition) is 5. The van der Waals surface area contributed by atoms with E-state index in [0.29, 0.717) is 12.0 Å². The van der Waals surface area contributed by atoms with Crippen LogP contribution in [0.2, 0.25) is 0 Å². The largest absolute Gasteiger partial charge is 0.504 e. The first-order valence-corrected chi connectivity index (χ1v) is 15.4. The van der Waals surface area contributed by atoms with Crippen molar-refractivity contribution in [1.29, 1.82) is 0 Å². The molecule has 0 aromatic heterocycles. The van der Waals surface area contributed by atoms with Crippen LogP contribution in [0.3, 0.4) is 0 Å². The fraction of sp³-hybridized carbons (Fsp3) is 0.812. The Labute approximate surface area is 221 Å². The third-order valence-corrected chi connectivity index (χ3v) is 12.8. The summed E-state index contributed by atoms with van der Waals surface area (Å²) >= 11 is 0. The highest BCUT2D eigenvalue weighted by Crippen LogP contribution is 2.77. The second-order valence-corrected chi connectivity index (χ2v) is 14.5. The minimum absolute atomic E-state index is 0.0418. The Balaban J connectivity index is 1.28. The van der Waals surface area contributed by atoms with Crippen molar-refractivity contribution < 1.29 is 19.7 Å². The van der Waals surface area contributed by atoms with Crippen LogP contribution in [0.15, 0.2) is 12.1 Å². The molecule has 4 bridgehead atoms. The predicted octanol–water partition coefficient (Wildman–Crippen LogP) is 5.34. The normalized spacial score (nSPS) is 43.8. The van der Waals surface area contributed by atoms with E-state index in [-0.39, 0.29) is 28.6 Å². The first-order valence-electron chi connectivity index (χ1n) is 15.4. The van der Waals surface area contributed by atoms with Crippen molar-refractivity contribution in [2.24, 2.45) is 23.2 Å². The zero-order chi connectivity index (χ0) is 25.2. The van der Waals surface area contributed by atoms with E-state index in [1.165, 1.54) is 62.6 Å². The molecule has 2 heterocycles. The molecule has 0 unspecified atom stereocenters. The maximum absolute atomic E-state index is 12.4. The molecule has 7 atom stereocenters. The zero-order valence-electron chi connectivity index (χ0n) is 22.8. The number of aliphatic hydroxyl groups is 1. The van der Waals surface area contributed by atoms with E-state index in [1.54, 1.807) is 0 Å². The lowest BCUT2D eigenvalue weighted by Gasteiger charge is -2.75. The maximum atomic E-state index is 12.4. The Morgan fingerprint density at radius 1 is 1.08 bits per heavy atom. The lowest BCUT2D eigenvalue weighted by atomic mass is 9.33. The van der Waals surface area contributed by atoms with Crippen LogP contribution in [0, 0.1) is 23.2 Å². The Bertz CT molecular complexity index is 1110. The van der Waals surface area contributed by atoms with Crippen molar-refractivity contribution in [1.82, 2.24) is 4.90 Å². The summed E-state index contributed by atoms with van der Waals surface area (Å²) in [6, 6.07) is 4.53. The second-order valence-electron chi connectivity index (χ2n) is 14.5. The van der Waals surface area contributed by atoms with Gasteiger partial charge in [0.25, 0.3) is 0 Å². The summed E-state index contributed by atoms with van der Waals surface area (Å²) in [5.41, 5.74) is 1.33. The van der Waals surface area contributed by atoms with Crippen molar-refractivity contribution in [2.45, 2.75) is 119 Å². The first-order chi connectivity index (χ1) is 17.8. The van der Waals surface area contributed by atoms with Crippen LogP contribution >= 0.6 is 0 Å². The maximum Gasteiger partial charge on any atom is 0.165 e. The summed E-state index contributed by atoms with van der Waals surface area (Å²) in [5, 5.41) is 23.5. The van der Waals surface area contributed by atoms with Crippen LogP contribution in [-0.4, -0.2) is 58.7 Å². The van der Waals surface area contributed by atoms with E-state index in [9.17, 15) is 10.2 Å². The van der Waals surface area contributed by atoms with Crippen LogP contribution in [0.1, 0.15) is 95.1 Å². The molecule has 2 aliphatic heterocycles. The Hall–Kier alpha value is -1.30. The molecule has 5 heteroatoms. The van der Waals surface area contributed by atoms with Crippen molar-refractivity contribution in [2.75, 3.05) is 20.2 Å². The topological polar surface area (TPSA) is 62.2 Å². The zero-order valence-corrected chi connectivity index (χ0v) is 22.8. The number of phenolic OH excluding ortho intramolecular Hbond substituents is 1. The summed E-state index contributed by atoms with van der Waals surface area (Å²) < 4.78 is 13.6. The van der Waals surface area contributed by atoms with Crippen molar-refractivity contribution in [3.05, 3.63) is 23.3 Å². The summed E-state index contributed by atoms with van der Waals surface area (Å²) in [5.74, 6) is 2.54. The first kappa shape index (κ1) is 23.6. The Morgan fingerprint density at radius 3 is 2.65 bits per heavy atom. The standard InChI is InChI=1S/C32H45NO4/c1-29(35,17-20-6-4-3-5-7-20)24-18-30-12-13-32(24,36-2)28-31(30)14-15-33(19-21-8-9-21)25(30)16-22-10-11-23(34)27(37-28)26(22)31/h10-11,20-21,24-25,28,34-35H,3-9,12-19H2,1-2H3/t24-,25-,28-,29+,30-,31+,32-/m1/s1. The number of methoxy groups -OCH3 is 1. The fourth-order valence-electron chi connectivity index (χ4n) is 11.2. The molecule has 1 saturated heterocycles. The number of fused-ring (bicyclic) bond motifs is 2. The highest BCUT2D eigenvalue weighted by atomic mass is 16.6. The van der Waals surface area contributed by atoms with Crippen LogP contribution in [0.25, 0.3) is 0 Å². The molecule has 6 fully saturated rings.